The molecule has 1 heterocycles. The summed E-state index contributed by atoms with van der Waals surface area (Å²) in [5.41, 5.74) is 0. The number of hydrogen-bond acceptors (Lipinski definition) is 2. The van der Waals surface area contributed by atoms with Gasteiger partial charge in [-0.25, -0.2) is 8.78 Å². The molecule has 0 N–H and O–H groups in total. The molecule has 1 unspecified atom stereocenters. The molecular formula is C10H18F2N2O. The Morgan fingerprint density at radius 1 is 1.60 bits per heavy atom. The number of halogens is 2. The lowest BCUT2D eigenvalue weighted by Gasteiger charge is -2.22. The molecule has 88 valence electrons. The zero-order valence-electron chi connectivity index (χ0n) is 9.25. The van der Waals surface area contributed by atoms with Crippen molar-refractivity contribution in [3.05, 3.63) is 0 Å². The summed E-state index contributed by atoms with van der Waals surface area (Å²) < 4.78 is 24.4. The zero-order valence-corrected chi connectivity index (χ0v) is 9.25. The number of nitrogens with zero attached hydrogens (tertiary/aromatic N) is 2. The molecule has 15 heavy (non-hydrogen) atoms. The monoisotopic (exact) mass is 220 g/mol. The van der Waals surface area contributed by atoms with Gasteiger partial charge in [0.05, 0.1) is 6.54 Å². The van der Waals surface area contributed by atoms with Gasteiger partial charge in [-0.2, -0.15) is 0 Å². The first-order valence-electron chi connectivity index (χ1n) is 5.27. The summed E-state index contributed by atoms with van der Waals surface area (Å²) in [5.74, 6) is 0.328. The summed E-state index contributed by atoms with van der Waals surface area (Å²) in [6.45, 7) is 3.57. The van der Waals surface area contributed by atoms with E-state index in [4.69, 9.17) is 0 Å². The van der Waals surface area contributed by atoms with Crippen LogP contribution in [0.1, 0.15) is 13.3 Å². The lowest BCUT2D eigenvalue weighted by molar-refractivity contribution is -0.126. The summed E-state index contributed by atoms with van der Waals surface area (Å²) >= 11 is 0. The topological polar surface area (TPSA) is 23.6 Å². The maximum absolute atomic E-state index is 12.2. The molecule has 0 aliphatic carbocycles. The molecule has 5 heteroatoms. The highest BCUT2D eigenvalue weighted by atomic mass is 19.3. The Kier molecular flexibility index (Phi) is 4.45. The third kappa shape index (κ3) is 3.74. The normalized spacial score (nSPS) is 22.1. The van der Waals surface area contributed by atoms with E-state index in [1.807, 2.05) is 6.92 Å². The van der Waals surface area contributed by atoms with Crippen molar-refractivity contribution in [2.75, 3.05) is 33.2 Å². The fourth-order valence-corrected chi connectivity index (χ4v) is 1.97. The van der Waals surface area contributed by atoms with Crippen LogP contribution in [0.2, 0.25) is 0 Å². The lowest BCUT2D eigenvalue weighted by atomic mass is 10.1. The van der Waals surface area contributed by atoms with Gasteiger partial charge in [0.2, 0.25) is 5.91 Å². The van der Waals surface area contributed by atoms with E-state index in [0.29, 0.717) is 26.1 Å². The number of carbonyl (C=O) groups excluding carboxylic acids is 1. The van der Waals surface area contributed by atoms with Crippen LogP contribution in [0.3, 0.4) is 0 Å². The zero-order chi connectivity index (χ0) is 11.4. The van der Waals surface area contributed by atoms with Crippen molar-refractivity contribution in [2.24, 2.45) is 5.92 Å². The molecule has 1 aliphatic heterocycles. The molecule has 1 aliphatic rings. The van der Waals surface area contributed by atoms with Crippen molar-refractivity contribution in [1.29, 1.82) is 0 Å². The van der Waals surface area contributed by atoms with E-state index in [0.717, 1.165) is 0 Å². The third-order valence-electron chi connectivity index (χ3n) is 2.78. The Labute approximate surface area is 89.0 Å². The predicted octanol–water partition coefficient (Wildman–Crippen LogP) is 1.05. The quantitative estimate of drug-likeness (QED) is 0.691. The van der Waals surface area contributed by atoms with Crippen LogP contribution >= 0.6 is 0 Å². The van der Waals surface area contributed by atoms with Gasteiger partial charge in [-0.15, -0.1) is 0 Å². The fourth-order valence-electron chi connectivity index (χ4n) is 1.97. The van der Waals surface area contributed by atoms with E-state index in [-0.39, 0.29) is 18.4 Å². The molecule has 0 radical (unpaired) electrons. The van der Waals surface area contributed by atoms with Crippen molar-refractivity contribution in [3.8, 4) is 0 Å². The van der Waals surface area contributed by atoms with E-state index in [2.05, 4.69) is 0 Å². The van der Waals surface area contributed by atoms with Crippen molar-refractivity contribution in [3.63, 3.8) is 0 Å². The van der Waals surface area contributed by atoms with Crippen LogP contribution in [0, 0.1) is 5.92 Å². The van der Waals surface area contributed by atoms with Crippen LogP contribution in [0.4, 0.5) is 8.78 Å². The molecular weight excluding hydrogens is 202 g/mol. The smallest absolute Gasteiger partial charge is 0.251 e. The number of alkyl halides is 2. The molecule has 1 saturated heterocycles. The Bertz CT molecular complexity index is 223. The number of likely N-dealkylation sites (tertiary alicyclic amines) is 1. The SMILES string of the molecule is CCN(CC(F)F)CC1CC(=O)N(C)C1. The molecule has 0 spiro atoms. The summed E-state index contributed by atoms with van der Waals surface area (Å²) in [5, 5.41) is 0. The first-order chi connectivity index (χ1) is 7.02. The summed E-state index contributed by atoms with van der Waals surface area (Å²) in [7, 11) is 1.76. The van der Waals surface area contributed by atoms with Crippen molar-refractivity contribution >= 4 is 5.91 Å². The summed E-state index contributed by atoms with van der Waals surface area (Å²) in [4.78, 5) is 14.6. The molecule has 0 saturated carbocycles. The van der Waals surface area contributed by atoms with E-state index < -0.39 is 6.43 Å². The van der Waals surface area contributed by atoms with Crippen LogP contribution in [0.25, 0.3) is 0 Å². The average Bonchev–Trinajstić information content (AvgIpc) is 2.44. The lowest BCUT2D eigenvalue weighted by Crippen LogP contribution is -2.34. The molecule has 0 aromatic rings. The Morgan fingerprint density at radius 3 is 2.67 bits per heavy atom. The van der Waals surface area contributed by atoms with Crippen molar-refractivity contribution in [1.82, 2.24) is 9.80 Å². The Balaban J connectivity index is 2.36. The Morgan fingerprint density at radius 2 is 2.27 bits per heavy atom. The maximum atomic E-state index is 12.2. The van der Waals surface area contributed by atoms with Crippen LogP contribution in [-0.2, 0) is 4.79 Å². The number of amides is 1. The first-order valence-corrected chi connectivity index (χ1v) is 5.27. The van der Waals surface area contributed by atoms with E-state index >= 15 is 0 Å². The molecule has 1 rings (SSSR count). The van der Waals surface area contributed by atoms with Crippen LogP contribution in [-0.4, -0.2) is 55.4 Å². The van der Waals surface area contributed by atoms with Gasteiger partial charge in [-0.1, -0.05) is 6.92 Å². The second-order valence-corrected chi connectivity index (χ2v) is 4.09. The predicted molar refractivity (Wildman–Crippen MR) is 53.9 cm³/mol. The van der Waals surface area contributed by atoms with Gasteiger partial charge < -0.3 is 4.90 Å². The maximum Gasteiger partial charge on any atom is 0.251 e. The standard InChI is InChI=1S/C10H18F2N2O/c1-3-14(7-9(11)12)6-8-4-10(15)13(2)5-8/h8-9H,3-7H2,1-2H3. The van der Waals surface area contributed by atoms with E-state index in [9.17, 15) is 13.6 Å². The third-order valence-corrected chi connectivity index (χ3v) is 2.78. The minimum Gasteiger partial charge on any atom is -0.345 e. The highest BCUT2D eigenvalue weighted by Gasteiger charge is 2.28. The first kappa shape index (κ1) is 12.4. The fraction of sp³-hybridized carbons (Fsp3) is 0.900. The highest BCUT2D eigenvalue weighted by molar-refractivity contribution is 5.78. The van der Waals surface area contributed by atoms with Gasteiger partial charge in [-0.05, 0) is 12.5 Å². The second-order valence-electron chi connectivity index (χ2n) is 4.09. The van der Waals surface area contributed by atoms with E-state index in [1.165, 1.54) is 0 Å². The van der Waals surface area contributed by atoms with Crippen molar-refractivity contribution in [2.45, 2.75) is 19.8 Å². The van der Waals surface area contributed by atoms with Crippen LogP contribution in [0.15, 0.2) is 0 Å². The second kappa shape index (κ2) is 5.39. The molecule has 0 bridgehead atoms. The number of rotatable bonds is 5. The minimum atomic E-state index is -2.29. The highest BCUT2D eigenvalue weighted by Crippen LogP contribution is 2.17. The molecule has 1 atom stereocenters. The number of carbonyl (C=O) groups is 1. The van der Waals surface area contributed by atoms with Crippen molar-refractivity contribution < 1.29 is 13.6 Å². The van der Waals surface area contributed by atoms with Gasteiger partial charge >= 0.3 is 0 Å². The summed E-state index contributed by atoms with van der Waals surface area (Å²) in [6, 6.07) is 0. The van der Waals surface area contributed by atoms with Gasteiger partial charge in [0.1, 0.15) is 0 Å². The van der Waals surface area contributed by atoms with E-state index in [1.54, 1.807) is 16.8 Å². The van der Waals surface area contributed by atoms with Crippen LogP contribution in [0.5, 0.6) is 0 Å². The number of hydrogen-bond donors (Lipinski definition) is 0. The van der Waals surface area contributed by atoms with Gasteiger partial charge in [0, 0.05) is 26.6 Å². The molecule has 3 nitrogen and oxygen atoms in total. The summed E-state index contributed by atoms with van der Waals surface area (Å²) in [6.07, 6.45) is -1.80. The molecule has 1 fully saturated rings. The average molecular weight is 220 g/mol. The molecule has 0 aromatic carbocycles. The molecule has 1 amide bonds. The van der Waals surface area contributed by atoms with Crippen LogP contribution < -0.4 is 0 Å². The van der Waals surface area contributed by atoms with Gasteiger partial charge in [0.15, 0.2) is 0 Å². The minimum absolute atomic E-state index is 0.119. The largest absolute Gasteiger partial charge is 0.345 e. The molecule has 0 aromatic heterocycles. The van der Waals surface area contributed by atoms with Gasteiger partial charge in [0.25, 0.3) is 6.43 Å². The van der Waals surface area contributed by atoms with Gasteiger partial charge in [-0.3, -0.25) is 9.69 Å². The Hall–Kier alpha value is -0.710.